The molecule has 1 aliphatic heterocycles. The Morgan fingerprint density at radius 1 is 1.32 bits per heavy atom. The number of aromatic nitrogens is 2. The molecule has 1 aromatic carbocycles. The molecule has 1 atom stereocenters. The van der Waals surface area contributed by atoms with Crippen molar-refractivity contribution in [2.24, 2.45) is 5.92 Å². The van der Waals surface area contributed by atoms with E-state index < -0.39 is 0 Å². The summed E-state index contributed by atoms with van der Waals surface area (Å²) >= 11 is 2.68. The van der Waals surface area contributed by atoms with E-state index in [1.165, 1.54) is 28.7 Å². The highest BCUT2D eigenvalue weighted by Gasteiger charge is 2.31. The summed E-state index contributed by atoms with van der Waals surface area (Å²) < 4.78 is 0.694. The van der Waals surface area contributed by atoms with E-state index in [4.69, 9.17) is 0 Å². The van der Waals surface area contributed by atoms with Crippen LogP contribution in [0.4, 0.5) is 10.8 Å². The Morgan fingerprint density at radius 3 is 2.92 bits per heavy atom. The summed E-state index contributed by atoms with van der Waals surface area (Å²) in [6.45, 7) is 2.07. The fourth-order valence-corrected chi connectivity index (χ4v) is 4.62. The molecule has 130 valence electrons. The predicted octanol–water partition coefficient (Wildman–Crippen LogP) is 2.96. The second-order valence-corrected chi connectivity index (χ2v) is 8.57. The number of rotatable bonds is 5. The molecule has 1 aromatic heterocycles. The first-order valence-electron chi connectivity index (χ1n) is 8.29. The predicted molar refractivity (Wildman–Crippen MR) is 99.1 cm³/mol. The number of para-hydroxylation sites is 1. The number of amides is 2. The van der Waals surface area contributed by atoms with Crippen molar-refractivity contribution in [2.75, 3.05) is 16.0 Å². The number of thioether (sulfide) groups is 1. The van der Waals surface area contributed by atoms with Crippen LogP contribution in [0.15, 0.2) is 28.6 Å². The van der Waals surface area contributed by atoms with Crippen LogP contribution in [0.5, 0.6) is 0 Å². The van der Waals surface area contributed by atoms with E-state index in [0.717, 1.165) is 24.9 Å². The molecule has 2 amide bonds. The number of nitrogens with zero attached hydrogens (tertiary/aromatic N) is 3. The molecule has 2 heterocycles. The minimum atomic E-state index is 0.0197. The van der Waals surface area contributed by atoms with Gasteiger partial charge in [0.05, 0.1) is 5.75 Å². The van der Waals surface area contributed by atoms with E-state index in [0.29, 0.717) is 15.2 Å². The lowest BCUT2D eigenvalue weighted by Gasteiger charge is -2.22. The van der Waals surface area contributed by atoms with Crippen LogP contribution in [0.2, 0.25) is 0 Å². The lowest BCUT2D eigenvalue weighted by Crippen LogP contribution is -2.36. The van der Waals surface area contributed by atoms with Crippen LogP contribution in [0.1, 0.15) is 25.3 Å². The van der Waals surface area contributed by atoms with Crippen molar-refractivity contribution in [3.05, 3.63) is 29.8 Å². The summed E-state index contributed by atoms with van der Waals surface area (Å²) in [4.78, 5) is 26.3. The maximum Gasteiger partial charge on any atom is 0.237 e. The van der Waals surface area contributed by atoms with Crippen LogP contribution in [0.3, 0.4) is 0 Å². The molecule has 0 radical (unpaired) electrons. The zero-order chi connectivity index (χ0) is 17.4. The minimum Gasteiger partial charge on any atom is -0.308 e. The van der Waals surface area contributed by atoms with Crippen molar-refractivity contribution < 1.29 is 9.59 Å². The molecular weight excluding hydrogens is 356 g/mol. The Labute approximate surface area is 154 Å². The van der Waals surface area contributed by atoms with Gasteiger partial charge in [-0.3, -0.25) is 9.59 Å². The van der Waals surface area contributed by atoms with Crippen molar-refractivity contribution in [3.8, 4) is 0 Å². The molecule has 0 spiro atoms. The van der Waals surface area contributed by atoms with Crippen LogP contribution in [0.25, 0.3) is 0 Å². The molecular formula is C17H18N4O2S2. The number of hydrogen-bond donors (Lipinski definition) is 1. The van der Waals surface area contributed by atoms with E-state index in [-0.39, 0.29) is 23.8 Å². The number of anilines is 2. The number of hydrogen-bond acceptors (Lipinski definition) is 6. The minimum absolute atomic E-state index is 0.0197. The Hall–Kier alpha value is -1.93. The topological polar surface area (TPSA) is 75.2 Å². The Balaban J connectivity index is 1.36. The van der Waals surface area contributed by atoms with Gasteiger partial charge < -0.3 is 10.2 Å². The van der Waals surface area contributed by atoms with Gasteiger partial charge in [-0.25, -0.2) is 0 Å². The first-order chi connectivity index (χ1) is 12.1. The van der Waals surface area contributed by atoms with Gasteiger partial charge in [0.25, 0.3) is 0 Å². The highest BCUT2D eigenvalue weighted by Crippen LogP contribution is 2.34. The smallest absolute Gasteiger partial charge is 0.237 e. The van der Waals surface area contributed by atoms with Crippen molar-refractivity contribution >= 4 is 45.7 Å². The number of fused-ring (bicyclic) bond motifs is 1. The van der Waals surface area contributed by atoms with E-state index in [2.05, 4.69) is 28.5 Å². The lowest BCUT2D eigenvalue weighted by molar-refractivity contribution is -0.117. The van der Waals surface area contributed by atoms with Crippen LogP contribution >= 0.6 is 23.1 Å². The molecule has 8 heteroatoms. The SMILES string of the molecule is CC1Cc2ccccc2N1C(=O)CSc1nnc(NC(=O)C2CC2)s1. The molecule has 0 bridgehead atoms. The monoisotopic (exact) mass is 374 g/mol. The molecule has 2 aliphatic rings. The zero-order valence-corrected chi connectivity index (χ0v) is 15.4. The highest BCUT2D eigenvalue weighted by atomic mass is 32.2. The fourth-order valence-electron chi connectivity index (χ4n) is 3.01. The van der Waals surface area contributed by atoms with Crippen molar-refractivity contribution in [1.82, 2.24) is 10.2 Å². The molecule has 2 aromatic rings. The van der Waals surface area contributed by atoms with Crippen molar-refractivity contribution in [1.29, 1.82) is 0 Å². The third-order valence-corrected chi connectivity index (χ3v) is 6.34. The van der Waals surface area contributed by atoms with Gasteiger partial charge in [0.1, 0.15) is 0 Å². The average molecular weight is 374 g/mol. The summed E-state index contributed by atoms with van der Waals surface area (Å²) in [5.74, 6) is 0.537. The van der Waals surface area contributed by atoms with Gasteiger partial charge in [0, 0.05) is 17.6 Å². The van der Waals surface area contributed by atoms with Gasteiger partial charge in [-0.05, 0) is 37.8 Å². The quantitative estimate of drug-likeness (QED) is 0.643. The van der Waals surface area contributed by atoms with Gasteiger partial charge in [0.15, 0.2) is 4.34 Å². The normalized spacial score (nSPS) is 18.9. The molecule has 6 nitrogen and oxygen atoms in total. The molecule has 1 aliphatic carbocycles. The third kappa shape index (κ3) is 3.55. The largest absolute Gasteiger partial charge is 0.308 e. The van der Waals surface area contributed by atoms with Gasteiger partial charge >= 0.3 is 0 Å². The maximum atomic E-state index is 12.7. The molecule has 1 fully saturated rings. The van der Waals surface area contributed by atoms with E-state index in [1.54, 1.807) is 0 Å². The lowest BCUT2D eigenvalue weighted by atomic mass is 10.1. The van der Waals surface area contributed by atoms with Gasteiger partial charge in [-0.15, -0.1) is 10.2 Å². The van der Waals surface area contributed by atoms with E-state index >= 15 is 0 Å². The van der Waals surface area contributed by atoms with Crippen molar-refractivity contribution in [3.63, 3.8) is 0 Å². The van der Waals surface area contributed by atoms with Crippen LogP contribution in [-0.2, 0) is 16.0 Å². The number of carbonyl (C=O) groups excluding carboxylic acids is 2. The summed E-state index contributed by atoms with van der Waals surface area (Å²) in [5, 5.41) is 11.3. The molecule has 1 saturated carbocycles. The van der Waals surface area contributed by atoms with Gasteiger partial charge in [0.2, 0.25) is 16.9 Å². The van der Waals surface area contributed by atoms with Crippen molar-refractivity contribution in [2.45, 2.75) is 36.6 Å². The first-order valence-corrected chi connectivity index (χ1v) is 10.1. The second-order valence-electron chi connectivity index (χ2n) is 6.37. The van der Waals surface area contributed by atoms with Crippen LogP contribution in [-0.4, -0.2) is 33.8 Å². The summed E-state index contributed by atoms with van der Waals surface area (Å²) in [6, 6.07) is 8.22. The zero-order valence-electron chi connectivity index (χ0n) is 13.8. The molecule has 25 heavy (non-hydrogen) atoms. The van der Waals surface area contributed by atoms with E-state index in [9.17, 15) is 9.59 Å². The fraction of sp³-hybridized carbons (Fsp3) is 0.412. The number of benzene rings is 1. The standard InChI is InChI=1S/C17H18N4O2S2/c1-10-8-12-4-2-3-5-13(12)21(10)14(22)9-24-17-20-19-16(25-17)18-15(23)11-6-7-11/h2-5,10-11H,6-9H2,1H3,(H,18,19,23). The van der Waals surface area contributed by atoms with E-state index in [1.807, 2.05) is 23.1 Å². The number of nitrogens with one attached hydrogen (secondary N) is 1. The van der Waals surface area contributed by atoms with Crippen LogP contribution in [0, 0.1) is 5.92 Å². The first kappa shape index (κ1) is 16.5. The molecule has 0 saturated heterocycles. The maximum absolute atomic E-state index is 12.7. The number of carbonyl (C=O) groups is 2. The Morgan fingerprint density at radius 2 is 2.12 bits per heavy atom. The molecule has 4 rings (SSSR count). The molecule has 1 N–H and O–H groups in total. The summed E-state index contributed by atoms with van der Waals surface area (Å²) in [6.07, 6.45) is 2.80. The second kappa shape index (κ2) is 6.76. The third-order valence-electron chi connectivity index (χ3n) is 4.38. The van der Waals surface area contributed by atoms with Gasteiger partial charge in [-0.1, -0.05) is 41.3 Å². The molecule has 1 unspecified atom stereocenters. The Kier molecular flexibility index (Phi) is 4.47. The summed E-state index contributed by atoms with van der Waals surface area (Å²) in [7, 11) is 0. The van der Waals surface area contributed by atoms with Crippen LogP contribution < -0.4 is 10.2 Å². The highest BCUT2D eigenvalue weighted by molar-refractivity contribution is 8.01. The average Bonchev–Trinajstić information content (AvgIpc) is 3.27. The van der Waals surface area contributed by atoms with Gasteiger partial charge in [-0.2, -0.15) is 0 Å². The Bertz CT molecular complexity index is 818. The summed E-state index contributed by atoms with van der Waals surface area (Å²) in [5.41, 5.74) is 2.23.